The predicted octanol–water partition coefficient (Wildman–Crippen LogP) is -1.34. The first-order chi connectivity index (χ1) is 4.43. The van der Waals surface area contributed by atoms with Crippen LogP contribution in [0.4, 0.5) is 0 Å². The fraction of sp³-hybridized carbons (Fsp3) is 0.111. The summed E-state index contributed by atoms with van der Waals surface area (Å²) in [4.78, 5) is 0. The van der Waals surface area contributed by atoms with Crippen molar-refractivity contribution < 1.29 is 78.6 Å². The summed E-state index contributed by atoms with van der Waals surface area (Å²) in [5.41, 5.74) is 0.927. The van der Waals surface area contributed by atoms with Crippen LogP contribution in [0.1, 0.15) is 12.5 Å². The van der Waals surface area contributed by atoms with Crippen LogP contribution in [0.15, 0.2) is 18.2 Å². The molecule has 0 aromatic heterocycles. The second kappa shape index (κ2) is 9.34. The van der Waals surface area contributed by atoms with Gasteiger partial charge < -0.3 is 5.92 Å². The van der Waals surface area contributed by atoms with E-state index in [1.54, 1.807) is 6.07 Å². The topological polar surface area (TPSA) is 0 Å². The van der Waals surface area contributed by atoms with Gasteiger partial charge in [0.1, 0.15) is 0 Å². The van der Waals surface area contributed by atoms with Crippen molar-refractivity contribution in [3.05, 3.63) is 35.9 Å². The Bertz CT molecular complexity index is 233. The second-order valence-electron chi connectivity index (χ2n) is 1.58. The summed E-state index contributed by atoms with van der Waals surface area (Å²) in [5, 5.41) is 0. The first-order valence-corrected chi connectivity index (χ1v) is 2.74. The van der Waals surface area contributed by atoms with Crippen molar-refractivity contribution in [1.29, 1.82) is 0 Å². The van der Waals surface area contributed by atoms with Gasteiger partial charge in [-0.15, -0.1) is 0 Å². The van der Waals surface area contributed by atoms with Crippen LogP contribution >= 0.6 is 0 Å². The van der Waals surface area contributed by atoms with Gasteiger partial charge in [0.05, 0.1) is 0 Å². The molecule has 51 valence electrons. The monoisotopic (exact) mass is 386 g/mol. The van der Waals surface area contributed by atoms with Gasteiger partial charge in [-0.3, -0.25) is 17.7 Å². The second-order valence-corrected chi connectivity index (χ2v) is 1.58. The molecule has 1 radical (unpaired) electrons. The molecule has 0 N–H and O–H groups in total. The van der Waals surface area contributed by atoms with Crippen molar-refractivity contribution in [2.45, 2.75) is 6.92 Å². The Kier molecular flexibility index (Phi) is 12.5. The van der Waals surface area contributed by atoms with Crippen LogP contribution in [0.2, 0.25) is 0 Å². The molecule has 0 bridgehead atoms. The summed E-state index contributed by atoms with van der Waals surface area (Å²) in [6, 6.07) is 11.3. The van der Waals surface area contributed by atoms with Crippen LogP contribution < -0.4 is 58.2 Å². The zero-order chi connectivity index (χ0) is 6.53. The van der Waals surface area contributed by atoms with Crippen molar-refractivity contribution in [1.82, 2.24) is 0 Å². The molecule has 0 aliphatic carbocycles. The largest absolute Gasteiger partial charge is 1.00 e. The van der Waals surface area contributed by atoms with Crippen LogP contribution in [0.3, 0.4) is 0 Å². The third kappa shape index (κ3) is 6.41. The molecule has 0 unspecified atom stereocenters. The summed E-state index contributed by atoms with van der Waals surface area (Å²) in [6.07, 6.45) is 0. The fourth-order valence-electron chi connectivity index (χ4n) is 0.560. The summed E-state index contributed by atoms with van der Waals surface area (Å²) < 4.78 is 0. The van der Waals surface area contributed by atoms with Gasteiger partial charge >= 0.3 is 58.2 Å². The quantitative estimate of drug-likeness (QED) is 0.383. The molecule has 0 heterocycles. The van der Waals surface area contributed by atoms with Crippen molar-refractivity contribution >= 4 is 0 Å². The van der Waals surface area contributed by atoms with E-state index in [0.717, 1.165) is 5.56 Å². The molecule has 0 saturated carbocycles. The third-order valence-corrected chi connectivity index (χ3v) is 0.917. The molecule has 2 heteroatoms. The minimum Gasteiger partial charge on any atom is -0.318 e. The van der Waals surface area contributed by atoms with E-state index >= 15 is 0 Å². The third-order valence-electron chi connectivity index (χ3n) is 0.917. The Morgan fingerprint density at radius 2 is 2.18 bits per heavy atom. The molecule has 0 spiro atoms. The van der Waals surface area contributed by atoms with Crippen LogP contribution in [-0.4, -0.2) is 0 Å². The molecular formula is C9H6RbRe-. The zero-order valence-electron chi connectivity index (χ0n) is 6.61. The Labute approximate surface area is 131 Å². The number of benzene rings is 1. The molecule has 0 fully saturated rings. The van der Waals surface area contributed by atoms with Gasteiger partial charge in [0.25, 0.3) is 0 Å². The predicted molar refractivity (Wildman–Crippen MR) is 36.7 cm³/mol. The normalized spacial score (nSPS) is 6.27. The maximum absolute atomic E-state index is 2.94. The summed E-state index contributed by atoms with van der Waals surface area (Å²) in [6.45, 7) is 1.81. The first kappa shape index (κ1) is 14.8. The van der Waals surface area contributed by atoms with Gasteiger partial charge in [0.2, 0.25) is 0 Å². The van der Waals surface area contributed by atoms with Gasteiger partial charge in [-0.25, -0.2) is 24.1 Å². The number of hydrogen-bond donors (Lipinski definition) is 0. The average Bonchev–Trinajstić information content (AvgIpc) is 1.91. The summed E-state index contributed by atoms with van der Waals surface area (Å²) in [7, 11) is 0. The van der Waals surface area contributed by atoms with E-state index in [9.17, 15) is 0 Å². The van der Waals surface area contributed by atoms with E-state index in [4.69, 9.17) is 0 Å². The van der Waals surface area contributed by atoms with Crippen molar-refractivity contribution in [3.8, 4) is 11.8 Å². The van der Waals surface area contributed by atoms with Crippen molar-refractivity contribution in [2.75, 3.05) is 0 Å². The van der Waals surface area contributed by atoms with Gasteiger partial charge in [-0.05, 0) is 6.92 Å². The molecule has 0 nitrogen and oxygen atoms in total. The Hall–Kier alpha value is 1.25. The molecule has 1 rings (SSSR count). The molecule has 1 aromatic carbocycles. The molecule has 0 aliphatic heterocycles. The van der Waals surface area contributed by atoms with Crippen molar-refractivity contribution in [2.24, 2.45) is 0 Å². The van der Waals surface area contributed by atoms with Crippen LogP contribution in [0.5, 0.6) is 0 Å². The average molecular weight is 386 g/mol. The van der Waals surface area contributed by atoms with E-state index in [1.165, 1.54) is 0 Å². The number of hydrogen-bond acceptors (Lipinski definition) is 0. The molecule has 11 heavy (non-hydrogen) atoms. The molecule has 0 amide bonds. The molecule has 0 saturated heterocycles. The molecular weight excluding hydrogens is 380 g/mol. The maximum atomic E-state index is 2.94. The van der Waals surface area contributed by atoms with Crippen LogP contribution in [0.25, 0.3) is 0 Å². The Balaban J connectivity index is 0. The van der Waals surface area contributed by atoms with Gasteiger partial charge in [-0.2, -0.15) is 0 Å². The van der Waals surface area contributed by atoms with E-state index in [-0.39, 0.29) is 78.6 Å². The summed E-state index contributed by atoms with van der Waals surface area (Å²) in [5.74, 6) is 5.67. The first-order valence-electron chi connectivity index (χ1n) is 2.74. The maximum Gasteiger partial charge on any atom is 1.00 e. The van der Waals surface area contributed by atoms with E-state index in [1.807, 2.05) is 19.1 Å². The van der Waals surface area contributed by atoms with Crippen LogP contribution in [0, 0.1) is 24.0 Å². The number of rotatable bonds is 0. The fourth-order valence-corrected chi connectivity index (χ4v) is 0.560. The van der Waals surface area contributed by atoms with Crippen molar-refractivity contribution in [3.63, 3.8) is 0 Å². The molecule has 1 aromatic rings. The minimum absolute atomic E-state index is 0. The van der Waals surface area contributed by atoms with Gasteiger partial charge in [0, 0.05) is 20.4 Å². The minimum atomic E-state index is 0. The zero-order valence-corrected chi connectivity index (χ0v) is 14.2. The Morgan fingerprint density at radius 3 is 2.64 bits per heavy atom. The Morgan fingerprint density at radius 1 is 1.45 bits per heavy atom. The van der Waals surface area contributed by atoms with E-state index < -0.39 is 0 Å². The summed E-state index contributed by atoms with van der Waals surface area (Å²) >= 11 is 0. The standard InChI is InChI=1S/C9H6.Rb.Re/c1-2-6-9-7-4-3-5-8-9;;/h4-5,7H,1H3;;/q-2;+1;. The SMILES string of the molecule is CC#Cc1[c-]c[c-]cc1.[Rb+].[Re]. The smallest absolute Gasteiger partial charge is 0.318 e. The molecule has 0 aliphatic rings. The van der Waals surface area contributed by atoms with E-state index in [2.05, 4.69) is 24.0 Å². The van der Waals surface area contributed by atoms with E-state index in [0.29, 0.717) is 0 Å². The van der Waals surface area contributed by atoms with Crippen LogP contribution in [-0.2, 0) is 20.4 Å². The van der Waals surface area contributed by atoms with Gasteiger partial charge in [-0.1, -0.05) is 0 Å². The molecule has 0 atom stereocenters. The van der Waals surface area contributed by atoms with Gasteiger partial charge in [0.15, 0.2) is 0 Å².